The summed E-state index contributed by atoms with van der Waals surface area (Å²) >= 11 is 0. The van der Waals surface area contributed by atoms with Gasteiger partial charge in [0, 0.05) is 12.7 Å². The Balaban J connectivity index is 1.54. The van der Waals surface area contributed by atoms with Crippen LogP contribution in [0.3, 0.4) is 0 Å². The zero-order chi connectivity index (χ0) is 18.0. The summed E-state index contributed by atoms with van der Waals surface area (Å²) in [5.41, 5.74) is 0.415. The summed E-state index contributed by atoms with van der Waals surface area (Å²) in [6.07, 6.45) is 1.46. The molecule has 0 amide bonds. The van der Waals surface area contributed by atoms with E-state index in [2.05, 4.69) is 6.92 Å². The van der Waals surface area contributed by atoms with Gasteiger partial charge in [0.1, 0.15) is 11.6 Å². The predicted molar refractivity (Wildman–Crippen MR) is 90.3 cm³/mol. The molecule has 1 saturated heterocycles. The van der Waals surface area contributed by atoms with Gasteiger partial charge >= 0.3 is 6.11 Å². The lowest BCUT2D eigenvalue weighted by Crippen LogP contribution is -2.40. The molecule has 1 aliphatic carbocycles. The number of halogens is 3. The minimum absolute atomic E-state index is 0.111. The van der Waals surface area contributed by atoms with Gasteiger partial charge in [0.25, 0.3) is 0 Å². The smallest absolute Gasteiger partial charge is 0.400 e. The van der Waals surface area contributed by atoms with Crippen molar-refractivity contribution >= 4 is 0 Å². The van der Waals surface area contributed by atoms with Gasteiger partial charge in [0.15, 0.2) is 0 Å². The topological polar surface area (TPSA) is 18.5 Å². The highest BCUT2D eigenvalue weighted by molar-refractivity contribution is 5.28. The number of hydrogen-bond donors (Lipinski definition) is 0. The standard InChI is InChI=1S/C20H27F3O2/c1-13-3-10-19(24-12-13)15-5-7-16(8-6-15)20(22,23)25-17-9-4-14(2)18(21)11-17/h4,9,11,13,15-16,19H,3,5-8,10,12H2,1-2H3. The van der Waals surface area contributed by atoms with Crippen molar-refractivity contribution in [1.82, 2.24) is 0 Å². The Morgan fingerprint density at radius 3 is 2.40 bits per heavy atom. The fraction of sp³-hybridized carbons (Fsp3) is 0.700. The third-order valence-electron chi connectivity index (χ3n) is 5.71. The Labute approximate surface area is 147 Å². The molecule has 0 N–H and O–H groups in total. The van der Waals surface area contributed by atoms with E-state index >= 15 is 0 Å². The molecule has 0 spiro atoms. The molecule has 0 radical (unpaired) electrons. The number of ether oxygens (including phenoxy) is 2. The summed E-state index contributed by atoms with van der Waals surface area (Å²) < 4.78 is 53.3. The minimum Gasteiger partial charge on any atom is -0.432 e. The van der Waals surface area contributed by atoms with E-state index in [1.54, 1.807) is 6.92 Å². The van der Waals surface area contributed by atoms with E-state index in [0.717, 1.165) is 38.4 Å². The van der Waals surface area contributed by atoms with Crippen molar-refractivity contribution in [2.24, 2.45) is 17.8 Å². The molecule has 1 aromatic carbocycles. The zero-order valence-corrected chi connectivity index (χ0v) is 14.9. The Kier molecular flexibility index (Phi) is 5.62. The lowest BCUT2D eigenvalue weighted by molar-refractivity contribution is -0.225. The van der Waals surface area contributed by atoms with Crippen LogP contribution in [0, 0.1) is 30.5 Å². The lowest BCUT2D eigenvalue weighted by Gasteiger charge is -2.38. The van der Waals surface area contributed by atoms with Gasteiger partial charge < -0.3 is 9.47 Å². The number of aryl methyl sites for hydroxylation is 1. The number of alkyl halides is 2. The van der Waals surface area contributed by atoms with Crippen molar-refractivity contribution in [1.29, 1.82) is 0 Å². The molecule has 25 heavy (non-hydrogen) atoms. The SMILES string of the molecule is Cc1ccc(OC(F)(F)C2CCC(C3CCC(C)CO3)CC2)cc1F. The van der Waals surface area contributed by atoms with E-state index in [1.807, 2.05) is 0 Å². The van der Waals surface area contributed by atoms with Gasteiger partial charge in [0.2, 0.25) is 0 Å². The van der Waals surface area contributed by atoms with E-state index in [-0.39, 0.29) is 11.9 Å². The minimum atomic E-state index is -3.27. The third kappa shape index (κ3) is 4.49. The van der Waals surface area contributed by atoms with Crippen molar-refractivity contribution in [3.05, 3.63) is 29.6 Å². The van der Waals surface area contributed by atoms with Crippen molar-refractivity contribution < 1.29 is 22.6 Å². The van der Waals surface area contributed by atoms with Crippen LogP contribution in [0.4, 0.5) is 13.2 Å². The van der Waals surface area contributed by atoms with Crippen LogP contribution in [0.15, 0.2) is 18.2 Å². The molecule has 2 unspecified atom stereocenters. The maximum atomic E-state index is 14.5. The van der Waals surface area contributed by atoms with E-state index in [4.69, 9.17) is 9.47 Å². The molecule has 5 heteroatoms. The maximum absolute atomic E-state index is 14.5. The fourth-order valence-corrected chi connectivity index (χ4v) is 3.98. The second-order valence-corrected chi connectivity index (χ2v) is 7.74. The van der Waals surface area contributed by atoms with Crippen LogP contribution in [0.2, 0.25) is 0 Å². The molecule has 2 atom stereocenters. The molecule has 1 saturated carbocycles. The van der Waals surface area contributed by atoms with Crippen molar-refractivity contribution in [2.45, 2.75) is 64.6 Å². The highest BCUT2D eigenvalue weighted by Gasteiger charge is 2.45. The molecule has 1 heterocycles. The van der Waals surface area contributed by atoms with Crippen molar-refractivity contribution in [3.63, 3.8) is 0 Å². The molecule has 1 aromatic rings. The fourth-order valence-electron chi connectivity index (χ4n) is 3.98. The lowest BCUT2D eigenvalue weighted by atomic mass is 9.77. The second-order valence-electron chi connectivity index (χ2n) is 7.74. The molecule has 0 aromatic heterocycles. The Morgan fingerprint density at radius 1 is 1.08 bits per heavy atom. The first-order chi connectivity index (χ1) is 11.8. The van der Waals surface area contributed by atoms with Gasteiger partial charge in [-0.1, -0.05) is 13.0 Å². The monoisotopic (exact) mass is 356 g/mol. The first-order valence-corrected chi connectivity index (χ1v) is 9.29. The summed E-state index contributed by atoms with van der Waals surface area (Å²) in [5, 5.41) is 0. The first-order valence-electron chi connectivity index (χ1n) is 9.29. The largest absolute Gasteiger partial charge is 0.432 e. The Hall–Kier alpha value is -1.23. The van der Waals surface area contributed by atoms with Gasteiger partial charge in [-0.15, -0.1) is 0 Å². The van der Waals surface area contributed by atoms with Crippen LogP contribution in [-0.4, -0.2) is 18.8 Å². The van der Waals surface area contributed by atoms with E-state index in [9.17, 15) is 13.2 Å². The zero-order valence-electron chi connectivity index (χ0n) is 14.9. The molecular formula is C20H27F3O2. The molecule has 2 fully saturated rings. The quantitative estimate of drug-likeness (QED) is 0.686. The van der Waals surface area contributed by atoms with Crippen LogP contribution in [-0.2, 0) is 4.74 Å². The summed E-state index contributed by atoms with van der Waals surface area (Å²) in [4.78, 5) is 0. The average Bonchev–Trinajstić information content (AvgIpc) is 2.59. The summed E-state index contributed by atoms with van der Waals surface area (Å²) in [6.45, 7) is 4.55. The predicted octanol–water partition coefficient (Wildman–Crippen LogP) is 5.73. The third-order valence-corrected chi connectivity index (χ3v) is 5.71. The molecule has 1 aliphatic heterocycles. The van der Waals surface area contributed by atoms with Crippen LogP contribution in [0.5, 0.6) is 5.75 Å². The van der Waals surface area contributed by atoms with Gasteiger partial charge in [0.05, 0.1) is 12.0 Å². The van der Waals surface area contributed by atoms with Crippen LogP contribution >= 0.6 is 0 Å². The molecule has 2 aliphatic rings. The molecule has 0 bridgehead atoms. The van der Waals surface area contributed by atoms with Gasteiger partial charge in [-0.3, -0.25) is 0 Å². The molecule has 140 valence electrons. The maximum Gasteiger partial charge on any atom is 0.400 e. The number of hydrogen-bond acceptors (Lipinski definition) is 2. The van der Waals surface area contributed by atoms with E-state index in [0.29, 0.717) is 30.2 Å². The number of rotatable bonds is 4. The Bertz CT molecular complexity index is 574. The molecule has 2 nitrogen and oxygen atoms in total. The highest BCUT2D eigenvalue weighted by atomic mass is 19.3. The van der Waals surface area contributed by atoms with Gasteiger partial charge in [-0.05, 0) is 68.9 Å². The normalized spacial score (nSPS) is 30.9. The molecule has 3 rings (SSSR count). The van der Waals surface area contributed by atoms with E-state index in [1.165, 1.54) is 12.1 Å². The first kappa shape index (κ1) is 18.6. The van der Waals surface area contributed by atoms with E-state index < -0.39 is 17.8 Å². The average molecular weight is 356 g/mol. The van der Waals surface area contributed by atoms with Crippen LogP contribution in [0.25, 0.3) is 0 Å². The number of benzene rings is 1. The second kappa shape index (κ2) is 7.56. The van der Waals surface area contributed by atoms with Crippen LogP contribution < -0.4 is 4.74 Å². The van der Waals surface area contributed by atoms with Gasteiger partial charge in [-0.2, -0.15) is 8.78 Å². The Morgan fingerprint density at radius 2 is 1.80 bits per heavy atom. The van der Waals surface area contributed by atoms with Crippen molar-refractivity contribution in [2.75, 3.05) is 6.61 Å². The molecular weight excluding hydrogens is 329 g/mol. The van der Waals surface area contributed by atoms with Crippen molar-refractivity contribution in [3.8, 4) is 5.75 Å². The summed E-state index contributed by atoms with van der Waals surface area (Å²) in [7, 11) is 0. The van der Waals surface area contributed by atoms with Gasteiger partial charge in [-0.25, -0.2) is 4.39 Å². The van der Waals surface area contributed by atoms with Crippen LogP contribution in [0.1, 0.15) is 51.0 Å². The summed E-state index contributed by atoms with van der Waals surface area (Å²) in [5.74, 6) is -0.493. The summed E-state index contributed by atoms with van der Waals surface area (Å²) in [6, 6.07) is 3.89. The highest BCUT2D eigenvalue weighted by Crippen LogP contribution is 2.42.